The molecule has 1 amide bonds. The second kappa shape index (κ2) is 6.28. The molecule has 1 aliphatic rings. The zero-order valence-electron chi connectivity index (χ0n) is 12.7. The number of hydrogen-bond acceptors (Lipinski definition) is 4. The van der Waals surface area contributed by atoms with Crippen LogP contribution in [0.15, 0.2) is 4.52 Å². The van der Waals surface area contributed by atoms with Crippen LogP contribution < -0.4 is 5.32 Å². The van der Waals surface area contributed by atoms with Crippen molar-refractivity contribution in [1.29, 1.82) is 0 Å². The van der Waals surface area contributed by atoms with Crippen LogP contribution in [0.4, 0.5) is 0 Å². The Bertz CT molecular complexity index is 536. The third-order valence-corrected chi connectivity index (χ3v) is 4.14. The van der Waals surface area contributed by atoms with Gasteiger partial charge in [-0.15, -0.1) is 0 Å². The first-order chi connectivity index (χ1) is 9.91. The van der Waals surface area contributed by atoms with Gasteiger partial charge in [0.1, 0.15) is 5.56 Å². The maximum atomic E-state index is 12.3. The van der Waals surface area contributed by atoms with Gasteiger partial charge in [0, 0.05) is 12.5 Å². The Morgan fingerprint density at radius 1 is 1.43 bits per heavy atom. The van der Waals surface area contributed by atoms with Crippen molar-refractivity contribution in [3.63, 3.8) is 0 Å². The van der Waals surface area contributed by atoms with Crippen LogP contribution in [0.5, 0.6) is 0 Å². The van der Waals surface area contributed by atoms with Crippen LogP contribution in [0.1, 0.15) is 60.8 Å². The fourth-order valence-electron chi connectivity index (χ4n) is 2.98. The fraction of sp³-hybridized carbons (Fsp3) is 0.667. The monoisotopic (exact) mass is 294 g/mol. The summed E-state index contributed by atoms with van der Waals surface area (Å²) in [6, 6.07) is 0. The quantitative estimate of drug-likeness (QED) is 0.869. The highest BCUT2D eigenvalue weighted by Crippen LogP contribution is 2.31. The number of aromatic nitrogens is 1. The maximum absolute atomic E-state index is 12.3. The molecule has 0 aliphatic heterocycles. The first kappa shape index (κ1) is 15.5. The van der Waals surface area contributed by atoms with Gasteiger partial charge in [-0.3, -0.25) is 9.59 Å². The number of aryl methyl sites for hydroxylation is 1. The third-order valence-electron chi connectivity index (χ3n) is 4.14. The highest BCUT2D eigenvalue weighted by molar-refractivity contribution is 5.96. The van der Waals surface area contributed by atoms with Crippen molar-refractivity contribution in [3.8, 4) is 0 Å². The van der Waals surface area contributed by atoms with Crippen molar-refractivity contribution in [2.24, 2.45) is 11.8 Å². The molecule has 2 atom stereocenters. The van der Waals surface area contributed by atoms with E-state index in [4.69, 9.17) is 9.63 Å². The highest BCUT2D eigenvalue weighted by atomic mass is 16.5. The molecule has 116 valence electrons. The van der Waals surface area contributed by atoms with E-state index in [1.807, 2.05) is 13.8 Å². The molecule has 6 nitrogen and oxygen atoms in total. The van der Waals surface area contributed by atoms with Crippen molar-refractivity contribution in [2.45, 2.75) is 46.0 Å². The van der Waals surface area contributed by atoms with Crippen LogP contribution >= 0.6 is 0 Å². The van der Waals surface area contributed by atoms with Crippen molar-refractivity contribution in [2.75, 3.05) is 6.54 Å². The summed E-state index contributed by atoms with van der Waals surface area (Å²) in [6.07, 6.45) is 2.44. The van der Waals surface area contributed by atoms with Crippen LogP contribution in [0, 0.1) is 18.8 Å². The lowest BCUT2D eigenvalue weighted by Gasteiger charge is -2.16. The number of hydrogen-bond donors (Lipinski definition) is 2. The van der Waals surface area contributed by atoms with Gasteiger partial charge in [-0.1, -0.05) is 25.4 Å². The van der Waals surface area contributed by atoms with E-state index in [-0.39, 0.29) is 23.7 Å². The van der Waals surface area contributed by atoms with E-state index in [1.54, 1.807) is 6.92 Å². The molecule has 1 saturated carbocycles. The van der Waals surface area contributed by atoms with Gasteiger partial charge in [0.15, 0.2) is 5.76 Å². The zero-order valence-corrected chi connectivity index (χ0v) is 12.7. The SMILES string of the molecule is Cc1noc(C(C)C)c1C(=O)NCC1CCCC1C(=O)O. The van der Waals surface area contributed by atoms with Gasteiger partial charge in [0.25, 0.3) is 5.91 Å². The predicted octanol–water partition coefficient (Wildman–Crippen LogP) is 2.34. The van der Waals surface area contributed by atoms with Gasteiger partial charge in [-0.05, 0) is 25.7 Å². The van der Waals surface area contributed by atoms with Crippen LogP contribution in [0.25, 0.3) is 0 Å². The summed E-state index contributed by atoms with van der Waals surface area (Å²) in [6.45, 7) is 6.00. The van der Waals surface area contributed by atoms with Crippen molar-refractivity contribution < 1.29 is 19.2 Å². The van der Waals surface area contributed by atoms with E-state index < -0.39 is 5.97 Å². The molecule has 1 aromatic rings. The molecule has 6 heteroatoms. The second-order valence-electron chi connectivity index (χ2n) is 6.01. The standard InChI is InChI=1S/C15H22N2O4/c1-8(2)13-12(9(3)17-21-13)14(18)16-7-10-5-4-6-11(10)15(19)20/h8,10-11H,4-7H2,1-3H3,(H,16,18)(H,19,20). The Kier molecular flexibility index (Phi) is 4.65. The van der Waals surface area contributed by atoms with Crippen LogP contribution in [0.2, 0.25) is 0 Å². The largest absolute Gasteiger partial charge is 0.481 e. The summed E-state index contributed by atoms with van der Waals surface area (Å²) >= 11 is 0. The number of carbonyl (C=O) groups is 2. The topological polar surface area (TPSA) is 92.4 Å². The minimum atomic E-state index is -0.768. The predicted molar refractivity (Wildman–Crippen MR) is 76.1 cm³/mol. The van der Waals surface area contributed by atoms with Gasteiger partial charge in [0.2, 0.25) is 0 Å². The van der Waals surface area contributed by atoms with Gasteiger partial charge >= 0.3 is 5.97 Å². The summed E-state index contributed by atoms with van der Waals surface area (Å²) < 4.78 is 5.20. The van der Waals surface area contributed by atoms with Crippen LogP contribution in [-0.2, 0) is 4.79 Å². The number of carboxylic acids is 1. The number of nitrogens with one attached hydrogen (secondary N) is 1. The fourth-order valence-corrected chi connectivity index (χ4v) is 2.98. The number of aliphatic carboxylic acids is 1. The van der Waals surface area contributed by atoms with E-state index >= 15 is 0 Å². The molecule has 1 aliphatic carbocycles. The summed E-state index contributed by atoms with van der Waals surface area (Å²) in [5.41, 5.74) is 1.05. The highest BCUT2D eigenvalue weighted by Gasteiger charge is 2.33. The number of carboxylic acid groups (broad SMARTS) is 1. The lowest BCUT2D eigenvalue weighted by Crippen LogP contribution is -2.33. The minimum absolute atomic E-state index is 0.00844. The van der Waals surface area contributed by atoms with Crippen LogP contribution in [-0.4, -0.2) is 28.7 Å². The average Bonchev–Trinajstić information content (AvgIpc) is 3.02. The molecule has 21 heavy (non-hydrogen) atoms. The third kappa shape index (κ3) is 3.25. The zero-order chi connectivity index (χ0) is 15.6. The van der Waals surface area contributed by atoms with Crippen molar-refractivity contribution in [3.05, 3.63) is 17.0 Å². The number of nitrogens with zero attached hydrogens (tertiary/aromatic N) is 1. The molecule has 1 aromatic heterocycles. The van der Waals surface area contributed by atoms with E-state index in [0.717, 1.165) is 12.8 Å². The van der Waals surface area contributed by atoms with Gasteiger partial charge in [-0.2, -0.15) is 0 Å². The van der Waals surface area contributed by atoms with Crippen LogP contribution in [0.3, 0.4) is 0 Å². The number of rotatable bonds is 5. The molecule has 0 bridgehead atoms. The lowest BCUT2D eigenvalue weighted by molar-refractivity contribution is -0.142. The molecule has 2 unspecified atom stereocenters. The summed E-state index contributed by atoms with van der Waals surface area (Å²) in [5.74, 6) is -0.687. The Morgan fingerprint density at radius 2 is 2.14 bits per heavy atom. The summed E-state index contributed by atoms with van der Waals surface area (Å²) in [5, 5.41) is 15.9. The smallest absolute Gasteiger partial charge is 0.306 e. The van der Waals surface area contributed by atoms with E-state index in [2.05, 4.69) is 10.5 Å². The Morgan fingerprint density at radius 3 is 2.76 bits per heavy atom. The summed E-state index contributed by atoms with van der Waals surface area (Å²) in [7, 11) is 0. The molecular formula is C15H22N2O4. The molecule has 2 rings (SSSR count). The normalized spacial score (nSPS) is 21.7. The first-order valence-electron chi connectivity index (χ1n) is 7.39. The van der Waals surface area contributed by atoms with Gasteiger partial charge < -0.3 is 14.9 Å². The van der Waals surface area contributed by atoms with E-state index in [1.165, 1.54) is 0 Å². The number of carbonyl (C=O) groups excluding carboxylic acids is 1. The van der Waals surface area contributed by atoms with Gasteiger partial charge in [-0.25, -0.2) is 0 Å². The molecule has 0 spiro atoms. The maximum Gasteiger partial charge on any atom is 0.306 e. The molecule has 1 fully saturated rings. The Hall–Kier alpha value is -1.85. The molecule has 0 aromatic carbocycles. The van der Waals surface area contributed by atoms with Crippen molar-refractivity contribution in [1.82, 2.24) is 10.5 Å². The second-order valence-corrected chi connectivity index (χ2v) is 6.01. The van der Waals surface area contributed by atoms with E-state index in [0.29, 0.717) is 30.0 Å². The molecule has 0 radical (unpaired) electrons. The van der Waals surface area contributed by atoms with Crippen molar-refractivity contribution >= 4 is 11.9 Å². The molecule has 0 saturated heterocycles. The lowest BCUT2D eigenvalue weighted by atomic mass is 9.96. The first-order valence-corrected chi connectivity index (χ1v) is 7.39. The summed E-state index contributed by atoms with van der Waals surface area (Å²) in [4.78, 5) is 23.5. The Labute approximate surface area is 123 Å². The Balaban J connectivity index is 2.02. The molecule has 1 heterocycles. The van der Waals surface area contributed by atoms with E-state index in [9.17, 15) is 9.59 Å². The molecular weight excluding hydrogens is 272 g/mol. The molecule has 2 N–H and O–H groups in total. The number of amides is 1. The minimum Gasteiger partial charge on any atom is -0.481 e. The van der Waals surface area contributed by atoms with Gasteiger partial charge in [0.05, 0.1) is 11.6 Å². The average molecular weight is 294 g/mol.